The van der Waals surface area contributed by atoms with Gasteiger partial charge in [0, 0.05) is 0 Å². The van der Waals surface area contributed by atoms with Gasteiger partial charge in [-0.15, -0.1) is 0 Å². The molecule has 1 N–H and O–H groups in total. The van der Waals surface area contributed by atoms with Crippen molar-refractivity contribution in [2.24, 2.45) is 0 Å². The van der Waals surface area contributed by atoms with Crippen molar-refractivity contribution < 1.29 is 9.84 Å². The van der Waals surface area contributed by atoms with E-state index in [-0.39, 0.29) is 18.3 Å². The predicted molar refractivity (Wildman–Crippen MR) is 74.2 cm³/mol. The highest BCUT2D eigenvalue weighted by Crippen LogP contribution is 2.13. The Morgan fingerprint density at radius 2 is 1.72 bits per heavy atom. The van der Waals surface area contributed by atoms with E-state index in [2.05, 4.69) is 13.0 Å². The van der Waals surface area contributed by atoms with E-state index in [1.54, 1.807) is 6.92 Å². The van der Waals surface area contributed by atoms with Crippen LogP contribution in [-0.2, 0) is 4.74 Å². The zero-order valence-electron chi connectivity index (χ0n) is 12.2. The fraction of sp³-hybridized carbons (Fsp3) is 0.933. The number of hydrogen-bond donors (Lipinski definition) is 1. The highest BCUT2D eigenvalue weighted by molar-refractivity contribution is 4.84. The Morgan fingerprint density at radius 1 is 1.11 bits per heavy atom. The highest BCUT2D eigenvalue weighted by Gasteiger charge is 2.13. The van der Waals surface area contributed by atoms with Crippen LogP contribution >= 0.6 is 0 Å². The minimum atomic E-state index is -0.367. The third kappa shape index (κ3) is 10.6. The van der Waals surface area contributed by atoms with Gasteiger partial charge in [0.05, 0.1) is 18.3 Å². The van der Waals surface area contributed by atoms with Gasteiger partial charge in [-0.1, -0.05) is 39.0 Å². The van der Waals surface area contributed by atoms with Crippen LogP contribution in [0.15, 0.2) is 0 Å². The summed E-state index contributed by atoms with van der Waals surface area (Å²) in [7, 11) is 0. The van der Waals surface area contributed by atoms with E-state index in [1.807, 2.05) is 6.92 Å². The van der Waals surface area contributed by atoms with Crippen molar-refractivity contribution >= 4 is 0 Å². The summed E-state index contributed by atoms with van der Waals surface area (Å²) in [6.45, 7) is 5.87. The van der Waals surface area contributed by atoms with Crippen LogP contribution < -0.4 is 0 Å². The maximum Gasteiger partial charge on any atom is 0.144 e. The van der Waals surface area contributed by atoms with E-state index >= 15 is 0 Å². The molecule has 0 radical (unpaired) electrons. The number of nitriles is 1. The number of rotatable bonds is 11. The first-order chi connectivity index (χ1) is 8.60. The first-order valence-electron chi connectivity index (χ1n) is 7.33. The van der Waals surface area contributed by atoms with Gasteiger partial charge in [-0.25, -0.2) is 0 Å². The molecule has 0 bridgehead atoms. The maximum atomic E-state index is 9.24. The predicted octanol–water partition coefficient (Wildman–Crippen LogP) is 3.81. The summed E-state index contributed by atoms with van der Waals surface area (Å²) in [6, 6.07) is 2.20. The lowest BCUT2D eigenvalue weighted by Crippen LogP contribution is -2.22. The van der Waals surface area contributed by atoms with Crippen LogP contribution in [0, 0.1) is 11.3 Å². The van der Waals surface area contributed by atoms with Gasteiger partial charge in [-0.3, -0.25) is 0 Å². The second kappa shape index (κ2) is 11.5. The third-order valence-corrected chi connectivity index (χ3v) is 3.03. The maximum absolute atomic E-state index is 9.24. The topological polar surface area (TPSA) is 53.2 Å². The van der Waals surface area contributed by atoms with Crippen LogP contribution in [0.25, 0.3) is 0 Å². The minimum absolute atomic E-state index is 0.0465. The van der Waals surface area contributed by atoms with E-state index in [1.165, 1.54) is 32.1 Å². The molecule has 0 aliphatic rings. The quantitative estimate of drug-likeness (QED) is 0.571. The summed E-state index contributed by atoms with van der Waals surface area (Å²) >= 11 is 0. The van der Waals surface area contributed by atoms with Crippen molar-refractivity contribution in [2.75, 3.05) is 0 Å². The van der Waals surface area contributed by atoms with Crippen molar-refractivity contribution in [1.82, 2.24) is 0 Å². The number of ether oxygens (including phenoxy) is 1. The fourth-order valence-corrected chi connectivity index (χ4v) is 2.09. The molecule has 0 heterocycles. The van der Waals surface area contributed by atoms with Gasteiger partial charge in [0.15, 0.2) is 0 Å². The molecular weight excluding hydrogens is 226 g/mol. The molecule has 0 aromatic heterocycles. The van der Waals surface area contributed by atoms with Gasteiger partial charge in [0.25, 0.3) is 0 Å². The van der Waals surface area contributed by atoms with Gasteiger partial charge in [0.1, 0.15) is 6.10 Å². The van der Waals surface area contributed by atoms with E-state index in [9.17, 15) is 5.11 Å². The molecule has 0 aromatic carbocycles. The van der Waals surface area contributed by atoms with Gasteiger partial charge >= 0.3 is 0 Å². The Kier molecular flexibility index (Phi) is 11.1. The molecule has 106 valence electrons. The van der Waals surface area contributed by atoms with Gasteiger partial charge in [0.2, 0.25) is 0 Å². The first kappa shape index (κ1) is 17.4. The van der Waals surface area contributed by atoms with Crippen LogP contribution in [0.4, 0.5) is 0 Å². The van der Waals surface area contributed by atoms with Crippen LogP contribution in [0.3, 0.4) is 0 Å². The molecule has 0 aliphatic heterocycles. The Bertz CT molecular complexity index is 223. The van der Waals surface area contributed by atoms with Crippen molar-refractivity contribution in [3.8, 4) is 6.07 Å². The standard InChI is InChI=1S/C15H29NO2/c1-4-5-6-7-8-9-10-15(12-16)18-14(3)11-13(2)17/h13-15,17H,4-11H2,1-3H3/t13-,14-,15-/m1/s1. The Hall–Kier alpha value is -0.590. The third-order valence-electron chi connectivity index (χ3n) is 3.03. The van der Waals surface area contributed by atoms with Crippen molar-refractivity contribution in [3.05, 3.63) is 0 Å². The number of aliphatic hydroxyl groups excluding tert-OH is 1. The smallest absolute Gasteiger partial charge is 0.144 e. The molecule has 0 rings (SSSR count). The molecule has 0 fully saturated rings. The average Bonchev–Trinajstić information content (AvgIpc) is 2.31. The summed E-state index contributed by atoms with van der Waals surface area (Å²) in [5.74, 6) is 0. The second-order valence-electron chi connectivity index (χ2n) is 5.21. The molecule has 3 heteroatoms. The normalized spacial score (nSPS) is 15.9. The molecular formula is C15H29NO2. The van der Waals surface area contributed by atoms with Gasteiger partial charge in [-0.05, 0) is 33.1 Å². The molecule has 0 unspecified atom stereocenters. The lowest BCUT2D eigenvalue weighted by Gasteiger charge is -2.18. The zero-order valence-corrected chi connectivity index (χ0v) is 12.2. The summed E-state index contributed by atoms with van der Waals surface area (Å²) in [4.78, 5) is 0. The number of hydrogen-bond acceptors (Lipinski definition) is 3. The fourth-order valence-electron chi connectivity index (χ4n) is 2.09. The van der Waals surface area contributed by atoms with Crippen molar-refractivity contribution in [2.45, 2.75) is 90.4 Å². The zero-order chi connectivity index (χ0) is 13.8. The van der Waals surface area contributed by atoms with Crippen LogP contribution in [0.5, 0.6) is 0 Å². The Morgan fingerprint density at radius 3 is 2.28 bits per heavy atom. The molecule has 0 saturated carbocycles. The lowest BCUT2D eigenvalue weighted by molar-refractivity contribution is -0.00327. The minimum Gasteiger partial charge on any atom is -0.393 e. The van der Waals surface area contributed by atoms with E-state index in [0.717, 1.165) is 12.8 Å². The first-order valence-corrected chi connectivity index (χ1v) is 7.33. The molecule has 0 spiro atoms. The molecule has 3 atom stereocenters. The molecule has 0 aliphatic carbocycles. The average molecular weight is 255 g/mol. The van der Waals surface area contributed by atoms with Crippen LogP contribution in [0.2, 0.25) is 0 Å². The van der Waals surface area contributed by atoms with E-state index in [0.29, 0.717) is 6.42 Å². The van der Waals surface area contributed by atoms with Crippen molar-refractivity contribution in [1.29, 1.82) is 5.26 Å². The Labute approximate surface area is 112 Å². The molecule has 0 saturated heterocycles. The SMILES string of the molecule is CCCCCCCC[C@H](C#N)O[C@H](C)C[C@@H](C)O. The number of unbranched alkanes of at least 4 members (excludes halogenated alkanes) is 5. The van der Waals surface area contributed by atoms with Crippen LogP contribution in [-0.4, -0.2) is 23.4 Å². The van der Waals surface area contributed by atoms with E-state index < -0.39 is 0 Å². The van der Waals surface area contributed by atoms with Gasteiger partial charge in [-0.2, -0.15) is 5.26 Å². The number of aliphatic hydroxyl groups is 1. The summed E-state index contributed by atoms with van der Waals surface area (Å²) in [5, 5.41) is 18.3. The summed E-state index contributed by atoms with van der Waals surface area (Å²) < 4.78 is 5.62. The lowest BCUT2D eigenvalue weighted by atomic mass is 10.1. The Balaban J connectivity index is 3.61. The second-order valence-corrected chi connectivity index (χ2v) is 5.21. The monoisotopic (exact) mass is 255 g/mol. The molecule has 0 amide bonds. The summed E-state index contributed by atoms with van der Waals surface area (Å²) in [5.41, 5.74) is 0. The molecule has 18 heavy (non-hydrogen) atoms. The largest absolute Gasteiger partial charge is 0.393 e. The molecule has 0 aromatic rings. The summed E-state index contributed by atoms with van der Waals surface area (Å²) in [6.07, 6.45) is 8.05. The molecule has 3 nitrogen and oxygen atoms in total. The van der Waals surface area contributed by atoms with E-state index in [4.69, 9.17) is 10.00 Å². The van der Waals surface area contributed by atoms with Crippen molar-refractivity contribution in [3.63, 3.8) is 0 Å². The number of nitrogens with zero attached hydrogens (tertiary/aromatic N) is 1. The van der Waals surface area contributed by atoms with Gasteiger partial charge < -0.3 is 9.84 Å². The highest BCUT2D eigenvalue weighted by atomic mass is 16.5. The van der Waals surface area contributed by atoms with Crippen LogP contribution in [0.1, 0.15) is 72.1 Å².